The predicted octanol–water partition coefficient (Wildman–Crippen LogP) is 2.69. The minimum absolute atomic E-state index is 0.0235. The summed E-state index contributed by atoms with van der Waals surface area (Å²) in [6.07, 6.45) is 0. The molecule has 8 nitrogen and oxygen atoms in total. The van der Waals surface area contributed by atoms with Gasteiger partial charge in [0, 0.05) is 44.4 Å². The second-order valence-corrected chi connectivity index (χ2v) is 7.20. The summed E-state index contributed by atoms with van der Waals surface area (Å²) in [6, 6.07) is 9.16. The molecule has 0 atom stereocenters. The second-order valence-electron chi connectivity index (χ2n) is 7.20. The third-order valence-corrected chi connectivity index (χ3v) is 5.39. The van der Waals surface area contributed by atoms with Crippen LogP contribution in [0.2, 0.25) is 0 Å². The highest BCUT2D eigenvalue weighted by Crippen LogP contribution is 2.38. The van der Waals surface area contributed by atoms with E-state index in [9.17, 15) is 4.79 Å². The van der Waals surface area contributed by atoms with E-state index in [2.05, 4.69) is 4.90 Å². The fourth-order valence-electron chi connectivity index (χ4n) is 3.71. The number of ether oxygens (including phenoxy) is 5. The van der Waals surface area contributed by atoms with Crippen LogP contribution in [-0.2, 0) is 6.54 Å². The molecule has 2 aromatic rings. The van der Waals surface area contributed by atoms with E-state index >= 15 is 0 Å². The van der Waals surface area contributed by atoms with Crippen LogP contribution in [0.25, 0.3) is 0 Å². The lowest BCUT2D eigenvalue weighted by Gasteiger charge is -2.35. The Bertz CT molecular complexity index is 862. The zero-order valence-electron chi connectivity index (χ0n) is 18.8. The van der Waals surface area contributed by atoms with Gasteiger partial charge in [0.25, 0.3) is 5.91 Å². The van der Waals surface area contributed by atoms with Crippen LogP contribution in [0.3, 0.4) is 0 Å². The van der Waals surface area contributed by atoms with Crippen molar-refractivity contribution in [2.24, 2.45) is 0 Å². The third kappa shape index (κ3) is 5.14. The first-order valence-corrected chi connectivity index (χ1v) is 10.1. The molecule has 0 aliphatic carbocycles. The van der Waals surface area contributed by atoms with Crippen LogP contribution in [0.1, 0.15) is 15.9 Å². The minimum Gasteiger partial charge on any atom is -0.497 e. The molecule has 0 N–H and O–H groups in total. The smallest absolute Gasteiger partial charge is 0.254 e. The Kier molecular flexibility index (Phi) is 7.46. The van der Waals surface area contributed by atoms with Gasteiger partial charge in [0.15, 0.2) is 11.5 Å². The molecular weight excluding hydrogens is 400 g/mol. The fourth-order valence-corrected chi connectivity index (χ4v) is 3.71. The number of nitrogens with zero attached hydrogens (tertiary/aromatic N) is 2. The van der Waals surface area contributed by atoms with Crippen LogP contribution in [0, 0.1) is 0 Å². The van der Waals surface area contributed by atoms with Gasteiger partial charge in [-0.3, -0.25) is 9.69 Å². The monoisotopic (exact) mass is 430 g/mol. The average Bonchev–Trinajstić information content (AvgIpc) is 2.82. The molecule has 0 spiro atoms. The molecule has 1 amide bonds. The van der Waals surface area contributed by atoms with Gasteiger partial charge < -0.3 is 28.6 Å². The quantitative estimate of drug-likeness (QED) is 0.638. The molecule has 8 heteroatoms. The summed E-state index contributed by atoms with van der Waals surface area (Å²) >= 11 is 0. The van der Waals surface area contributed by atoms with Gasteiger partial charge in [-0.05, 0) is 29.8 Å². The molecule has 1 fully saturated rings. The van der Waals surface area contributed by atoms with Crippen molar-refractivity contribution in [2.45, 2.75) is 6.54 Å². The Morgan fingerprint density at radius 3 is 1.74 bits per heavy atom. The van der Waals surface area contributed by atoms with E-state index in [0.29, 0.717) is 47.4 Å². The number of amides is 1. The van der Waals surface area contributed by atoms with Crippen LogP contribution in [0.15, 0.2) is 30.3 Å². The number of hydrogen-bond acceptors (Lipinski definition) is 7. The van der Waals surface area contributed by atoms with Crippen LogP contribution >= 0.6 is 0 Å². The van der Waals surface area contributed by atoms with Crippen molar-refractivity contribution in [3.63, 3.8) is 0 Å². The van der Waals surface area contributed by atoms with Crippen LogP contribution in [0.4, 0.5) is 0 Å². The maximum absolute atomic E-state index is 13.0. The Labute approximate surface area is 183 Å². The Hall–Kier alpha value is -3.13. The van der Waals surface area contributed by atoms with E-state index in [1.807, 2.05) is 17.0 Å². The van der Waals surface area contributed by atoms with Crippen LogP contribution in [-0.4, -0.2) is 77.4 Å². The SMILES string of the molecule is COc1cc(OC)cc(C(=O)N2CCN(Cc3cc(OC)c(OC)c(OC)c3)CC2)c1. The summed E-state index contributed by atoms with van der Waals surface area (Å²) in [5.74, 6) is 3.03. The number of methoxy groups -OCH3 is 5. The molecule has 1 aliphatic rings. The number of benzene rings is 2. The van der Waals surface area contributed by atoms with E-state index < -0.39 is 0 Å². The molecule has 0 radical (unpaired) electrons. The highest BCUT2D eigenvalue weighted by molar-refractivity contribution is 5.95. The van der Waals surface area contributed by atoms with Crippen molar-refractivity contribution in [2.75, 3.05) is 61.7 Å². The van der Waals surface area contributed by atoms with Crippen LogP contribution in [0.5, 0.6) is 28.7 Å². The van der Waals surface area contributed by atoms with Crippen molar-refractivity contribution < 1.29 is 28.5 Å². The summed E-state index contributed by atoms with van der Waals surface area (Å²) in [5.41, 5.74) is 1.63. The van der Waals surface area contributed by atoms with Crippen molar-refractivity contribution in [3.8, 4) is 28.7 Å². The maximum Gasteiger partial charge on any atom is 0.254 e. The number of hydrogen-bond donors (Lipinski definition) is 0. The van der Waals surface area contributed by atoms with Crippen molar-refractivity contribution in [1.29, 1.82) is 0 Å². The van der Waals surface area contributed by atoms with E-state index in [1.165, 1.54) is 0 Å². The molecule has 0 saturated carbocycles. The lowest BCUT2D eigenvalue weighted by Crippen LogP contribution is -2.48. The molecule has 168 valence electrons. The van der Waals surface area contributed by atoms with Gasteiger partial charge in [-0.2, -0.15) is 0 Å². The molecule has 31 heavy (non-hydrogen) atoms. The van der Waals surface area contributed by atoms with Crippen molar-refractivity contribution in [1.82, 2.24) is 9.80 Å². The summed E-state index contributed by atoms with van der Waals surface area (Å²) in [4.78, 5) is 17.2. The van der Waals surface area contributed by atoms with Gasteiger partial charge in [0.1, 0.15) is 11.5 Å². The molecule has 3 rings (SSSR count). The third-order valence-electron chi connectivity index (χ3n) is 5.39. The van der Waals surface area contributed by atoms with E-state index in [-0.39, 0.29) is 5.91 Å². The van der Waals surface area contributed by atoms with Crippen LogP contribution < -0.4 is 23.7 Å². The normalized spacial score (nSPS) is 14.2. The lowest BCUT2D eigenvalue weighted by atomic mass is 10.1. The van der Waals surface area contributed by atoms with Gasteiger partial charge in [-0.15, -0.1) is 0 Å². The average molecular weight is 431 g/mol. The Morgan fingerprint density at radius 2 is 1.29 bits per heavy atom. The summed E-state index contributed by atoms with van der Waals surface area (Å²) in [5, 5.41) is 0. The van der Waals surface area contributed by atoms with E-state index in [4.69, 9.17) is 23.7 Å². The standard InChI is InChI=1S/C23H30N2O6/c1-27-18-12-17(13-19(14-18)28-2)23(26)25-8-6-24(7-9-25)15-16-10-20(29-3)22(31-5)21(11-16)30-4/h10-14H,6-9,15H2,1-5H3. The summed E-state index contributed by atoms with van der Waals surface area (Å²) in [6.45, 7) is 3.55. The molecule has 1 heterocycles. The molecule has 0 aromatic heterocycles. The Balaban J connectivity index is 1.66. The first-order valence-electron chi connectivity index (χ1n) is 10.1. The molecule has 0 unspecified atom stereocenters. The fraction of sp³-hybridized carbons (Fsp3) is 0.435. The largest absolute Gasteiger partial charge is 0.497 e. The van der Waals surface area contributed by atoms with Crippen molar-refractivity contribution in [3.05, 3.63) is 41.5 Å². The highest BCUT2D eigenvalue weighted by Gasteiger charge is 2.24. The zero-order chi connectivity index (χ0) is 22.4. The predicted molar refractivity (Wildman–Crippen MR) is 117 cm³/mol. The minimum atomic E-state index is -0.0235. The number of carbonyl (C=O) groups excluding carboxylic acids is 1. The van der Waals surface area contributed by atoms with E-state index in [0.717, 1.165) is 25.2 Å². The lowest BCUT2D eigenvalue weighted by molar-refractivity contribution is 0.0627. The van der Waals surface area contributed by atoms with Gasteiger partial charge >= 0.3 is 0 Å². The Morgan fingerprint density at radius 1 is 0.742 bits per heavy atom. The van der Waals surface area contributed by atoms with Gasteiger partial charge in [-0.25, -0.2) is 0 Å². The summed E-state index contributed by atoms with van der Waals surface area (Å²) < 4.78 is 26.9. The highest BCUT2D eigenvalue weighted by atomic mass is 16.5. The first-order chi connectivity index (χ1) is 15.0. The molecule has 1 aliphatic heterocycles. The van der Waals surface area contributed by atoms with Gasteiger partial charge in [-0.1, -0.05) is 0 Å². The molecule has 1 saturated heterocycles. The maximum atomic E-state index is 13.0. The first kappa shape index (κ1) is 22.6. The van der Waals surface area contributed by atoms with Crippen molar-refractivity contribution >= 4 is 5.91 Å². The zero-order valence-corrected chi connectivity index (χ0v) is 18.8. The molecule has 2 aromatic carbocycles. The second kappa shape index (κ2) is 10.3. The van der Waals surface area contributed by atoms with Gasteiger partial charge in [0.05, 0.1) is 35.5 Å². The number of rotatable bonds is 8. The number of carbonyl (C=O) groups is 1. The molecule has 0 bridgehead atoms. The van der Waals surface area contributed by atoms with Gasteiger partial charge in [0.2, 0.25) is 5.75 Å². The molecular formula is C23H30N2O6. The topological polar surface area (TPSA) is 69.7 Å². The summed E-state index contributed by atoms with van der Waals surface area (Å²) in [7, 11) is 7.96. The van der Waals surface area contributed by atoms with E-state index in [1.54, 1.807) is 53.7 Å². The number of piperazine rings is 1.